The van der Waals surface area contributed by atoms with Crippen molar-refractivity contribution in [3.63, 3.8) is 0 Å². The highest BCUT2D eigenvalue weighted by Crippen LogP contribution is 2.25. The maximum atomic E-state index is 13.0. The highest BCUT2D eigenvalue weighted by Gasteiger charge is 2.21. The van der Waals surface area contributed by atoms with Crippen molar-refractivity contribution in [1.29, 1.82) is 0 Å². The minimum atomic E-state index is -0.286. The molecule has 3 rings (SSSR count). The zero-order chi connectivity index (χ0) is 15.5. The molecule has 0 amide bonds. The first kappa shape index (κ1) is 15.2. The average Bonchev–Trinajstić information content (AvgIpc) is 2.87. The van der Waals surface area contributed by atoms with Gasteiger partial charge in [0.05, 0.1) is 18.8 Å². The van der Waals surface area contributed by atoms with Crippen molar-refractivity contribution in [2.45, 2.75) is 51.4 Å². The van der Waals surface area contributed by atoms with Crippen LogP contribution in [0.2, 0.25) is 0 Å². The largest absolute Gasteiger partial charge is 0.441 e. The Balaban J connectivity index is 1.66. The molecule has 0 bridgehead atoms. The molecule has 1 unspecified atom stereocenters. The van der Waals surface area contributed by atoms with Gasteiger partial charge in [-0.2, -0.15) is 0 Å². The van der Waals surface area contributed by atoms with Crippen LogP contribution < -0.4 is 0 Å². The molecule has 0 aliphatic heterocycles. The predicted octanol–water partition coefficient (Wildman–Crippen LogP) is 3.61. The minimum absolute atomic E-state index is 0.0779. The number of ether oxygens (including phenoxy) is 1. The summed E-state index contributed by atoms with van der Waals surface area (Å²) in [5.41, 5.74) is 1.49. The van der Waals surface area contributed by atoms with E-state index in [4.69, 9.17) is 9.15 Å². The van der Waals surface area contributed by atoms with Gasteiger partial charge in [0.1, 0.15) is 17.3 Å². The molecule has 1 aliphatic carbocycles. The topological polar surface area (TPSA) is 55.5 Å². The molecular weight excluding hydrogens is 285 g/mol. The van der Waals surface area contributed by atoms with E-state index in [1.54, 1.807) is 12.1 Å². The van der Waals surface area contributed by atoms with E-state index in [0.29, 0.717) is 24.7 Å². The van der Waals surface area contributed by atoms with Crippen LogP contribution in [-0.2, 0) is 11.3 Å². The van der Waals surface area contributed by atoms with Gasteiger partial charge in [-0.05, 0) is 56.9 Å². The van der Waals surface area contributed by atoms with Crippen LogP contribution in [0.3, 0.4) is 0 Å². The van der Waals surface area contributed by atoms with Gasteiger partial charge in [-0.3, -0.25) is 0 Å². The molecule has 4 nitrogen and oxygen atoms in total. The van der Waals surface area contributed by atoms with E-state index in [0.717, 1.165) is 30.5 Å². The number of benzene rings is 1. The fourth-order valence-corrected chi connectivity index (χ4v) is 2.75. The molecule has 1 aliphatic rings. The first-order valence-corrected chi connectivity index (χ1v) is 7.63. The third kappa shape index (κ3) is 3.54. The van der Waals surface area contributed by atoms with Crippen LogP contribution in [0.15, 0.2) is 28.7 Å². The first-order chi connectivity index (χ1) is 10.6. The Bertz CT molecular complexity index is 623. The molecule has 1 heterocycles. The summed E-state index contributed by atoms with van der Waals surface area (Å²) in [6.07, 6.45) is 3.32. The number of aliphatic hydroxyl groups excluding tert-OH is 1. The second-order valence-corrected chi connectivity index (χ2v) is 5.78. The number of aliphatic hydroxyl groups is 1. The van der Waals surface area contributed by atoms with Gasteiger partial charge in [0.15, 0.2) is 0 Å². The molecule has 5 heteroatoms. The molecule has 1 N–H and O–H groups in total. The van der Waals surface area contributed by atoms with Crippen LogP contribution in [0.1, 0.15) is 37.1 Å². The molecule has 1 saturated carbocycles. The average molecular weight is 305 g/mol. The van der Waals surface area contributed by atoms with Crippen LogP contribution in [0, 0.1) is 12.7 Å². The van der Waals surface area contributed by atoms with Crippen molar-refractivity contribution in [3.05, 3.63) is 41.5 Å². The zero-order valence-corrected chi connectivity index (χ0v) is 12.6. The molecule has 0 saturated heterocycles. The normalized spacial score (nSPS) is 22.0. The molecule has 2 atom stereocenters. The Kier molecular flexibility index (Phi) is 4.55. The summed E-state index contributed by atoms with van der Waals surface area (Å²) in [5, 5.41) is 9.66. The van der Waals surface area contributed by atoms with Gasteiger partial charge >= 0.3 is 0 Å². The Labute approximate surface area is 128 Å². The van der Waals surface area contributed by atoms with Gasteiger partial charge in [0.2, 0.25) is 5.89 Å². The number of aromatic nitrogens is 1. The summed E-state index contributed by atoms with van der Waals surface area (Å²) in [7, 11) is 0. The second-order valence-electron chi connectivity index (χ2n) is 5.78. The summed E-state index contributed by atoms with van der Waals surface area (Å²) in [5.74, 6) is 0.891. The number of rotatable bonds is 4. The van der Waals surface area contributed by atoms with Gasteiger partial charge in [-0.1, -0.05) is 0 Å². The van der Waals surface area contributed by atoms with Gasteiger partial charge in [-0.25, -0.2) is 9.37 Å². The predicted molar refractivity (Wildman–Crippen MR) is 79.7 cm³/mol. The van der Waals surface area contributed by atoms with E-state index in [1.165, 1.54) is 12.1 Å². The molecule has 1 aromatic carbocycles. The standard InChI is InChI=1S/C17H20FNO3/c1-11-16(10-21-15-4-2-3-14(20)9-15)19-17(22-11)12-5-7-13(18)8-6-12/h5-8,14-15,20H,2-4,9-10H2,1H3/t14-,15?/m1/s1. The molecule has 22 heavy (non-hydrogen) atoms. The SMILES string of the molecule is Cc1oc(-c2ccc(F)cc2)nc1COC1CCC[C@@H](O)C1. The van der Waals surface area contributed by atoms with Crippen molar-refractivity contribution in [1.82, 2.24) is 4.98 Å². The summed E-state index contributed by atoms with van der Waals surface area (Å²) >= 11 is 0. The lowest BCUT2D eigenvalue weighted by Crippen LogP contribution is -2.25. The van der Waals surface area contributed by atoms with Crippen molar-refractivity contribution in [2.75, 3.05) is 0 Å². The van der Waals surface area contributed by atoms with Crippen molar-refractivity contribution < 1.29 is 18.7 Å². The number of aryl methyl sites for hydroxylation is 1. The number of halogens is 1. The lowest BCUT2D eigenvalue weighted by molar-refractivity contribution is -0.0240. The molecular formula is C17H20FNO3. The molecule has 118 valence electrons. The maximum absolute atomic E-state index is 13.0. The molecule has 1 fully saturated rings. The van der Waals surface area contributed by atoms with Crippen LogP contribution in [0.25, 0.3) is 11.5 Å². The van der Waals surface area contributed by atoms with Crippen LogP contribution >= 0.6 is 0 Å². The van der Waals surface area contributed by atoms with Gasteiger partial charge < -0.3 is 14.3 Å². The Hall–Kier alpha value is -1.72. The number of oxazole rings is 1. The lowest BCUT2D eigenvalue weighted by Gasteiger charge is -2.25. The highest BCUT2D eigenvalue weighted by molar-refractivity contribution is 5.53. The first-order valence-electron chi connectivity index (χ1n) is 7.63. The smallest absolute Gasteiger partial charge is 0.226 e. The fraction of sp³-hybridized carbons (Fsp3) is 0.471. The highest BCUT2D eigenvalue weighted by atomic mass is 19.1. The van der Waals surface area contributed by atoms with E-state index < -0.39 is 0 Å². The monoisotopic (exact) mass is 305 g/mol. The lowest BCUT2D eigenvalue weighted by atomic mass is 9.95. The summed E-state index contributed by atoms with van der Waals surface area (Å²) in [6, 6.07) is 6.05. The summed E-state index contributed by atoms with van der Waals surface area (Å²) in [6.45, 7) is 2.21. The Morgan fingerprint density at radius 1 is 1.32 bits per heavy atom. The summed E-state index contributed by atoms with van der Waals surface area (Å²) < 4.78 is 24.4. The Morgan fingerprint density at radius 3 is 2.82 bits per heavy atom. The third-order valence-electron chi connectivity index (χ3n) is 4.04. The van der Waals surface area contributed by atoms with Crippen LogP contribution in [-0.4, -0.2) is 22.3 Å². The summed E-state index contributed by atoms with van der Waals surface area (Å²) in [4.78, 5) is 4.44. The van der Waals surface area contributed by atoms with E-state index in [1.807, 2.05) is 6.92 Å². The quantitative estimate of drug-likeness (QED) is 0.937. The maximum Gasteiger partial charge on any atom is 0.226 e. The van der Waals surface area contributed by atoms with Crippen molar-refractivity contribution in [3.8, 4) is 11.5 Å². The van der Waals surface area contributed by atoms with E-state index in [-0.39, 0.29) is 18.0 Å². The molecule has 0 radical (unpaired) electrons. The van der Waals surface area contributed by atoms with E-state index in [2.05, 4.69) is 4.98 Å². The van der Waals surface area contributed by atoms with Crippen LogP contribution in [0.4, 0.5) is 4.39 Å². The Morgan fingerprint density at radius 2 is 2.09 bits per heavy atom. The number of nitrogens with zero attached hydrogens (tertiary/aromatic N) is 1. The molecule has 2 aromatic rings. The van der Waals surface area contributed by atoms with Crippen LogP contribution in [0.5, 0.6) is 0 Å². The second kappa shape index (κ2) is 6.58. The van der Waals surface area contributed by atoms with Crippen molar-refractivity contribution >= 4 is 0 Å². The molecule has 1 aromatic heterocycles. The fourth-order valence-electron chi connectivity index (χ4n) is 2.75. The third-order valence-corrected chi connectivity index (χ3v) is 4.04. The number of hydrogen-bond acceptors (Lipinski definition) is 4. The zero-order valence-electron chi connectivity index (χ0n) is 12.6. The minimum Gasteiger partial charge on any atom is -0.441 e. The van der Waals surface area contributed by atoms with Crippen molar-refractivity contribution in [2.24, 2.45) is 0 Å². The van der Waals surface area contributed by atoms with E-state index in [9.17, 15) is 9.50 Å². The van der Waals surface area contributed by atoms with E-state index >= 15 is 0 Å². The molecule has 0 spiro atoms. The van der Waals surface area contributed by atoms with Gasteiger partial charge in [0, 0.05) is 5.56 Å². The van der Waals surface area contributed by atoms with Gasteiger partial charge in [0.25, 0.3) is 0 Å². The number of hydrogen-bond donors (Lipinski definition) is 1. The van der Waals surface area contributed by atoms with Gasteiger partial charge in [-0.15, -0.1) is 0 Å².